The lowest BCUT2D eigenvalue weighted by Gasteiger charge is -2.28. The van der Waals surface area contributed by atoms with E-state index in [0.29, 0.717) is 5.56 Å². The van der Waals surface area contributed by atoms with E-state index in [4.69, 9.17) is 0 Å². The van der Waals surface area contributed by atoms with Crippen molar-refractivity contribution in [2.45, 2.75) is 57.2 Å². The molecule has 1 aliphatic carbocycles. The van der Waals surface area contributed by atoms with Gasteiger partial charge in [0.1, 0.15) is 0 Å². The zero-order valence-electron chi connectivity index (χ0n) is 11.8. The van der Waals surface area contributed by atoms with Crippen molar-refractivity contribution in [2.75, 3.05) is 6.54 Å². The molecule has 1 aliphatic rings. The number of rotatable bonds is 3. The van der Waals surface area contributed by atoms with Gasteiger partial charge in [-0.3, -0.25) is 0 Å². The van der Waals surface area contributed by atoms with Crippen LogP contribution in [0.4, 0.5) is 13.2 Å². The van der Waals surface area contributed by atoms with E-state index in [0.717, 1.165) is 38.6 Å². The summed E-state index contributed by atoms with van der Waals surface area (Å²) in [6.45, 7) is 2.81. The molecule has 2 rings (SSSR count). The first kappa shape index (κ1) is 15.4. The van der Waals surface area contributed by atoms with Crippen molar-refractivity contribution in [3.8, 4) is 0 Å². The molecule has 0 aliphatic heterocycles. The van der Waals surface area contributed by atoms with Gasteiger partial charge in [-0.05, 0) is 36.9 Å². The van der Waals surface area contributed by atoms with Gasteiger partial charge in [0, 0.05) is 6.04 Å². The fourth-order valence-corrected chi connectivity index (χ4v) is 3.26. The van der Waals surface area contributed by atoms with Crippen molar-refractivity contribution in [2.24, 2.45) is 0 Å². The average molecular weight is 285 g/mol. The van der Waals surface area contributed by atoms with Crippen LogP contribution >= 0.6 is 0 Å². The van der Waals surface area contributed by atoms with E-state index in [1.807, 2.05) is 6.92 Å². The van der Waals surface area contributed by atoms with E-state index in [2.05, 4.69) is 5.32 Å². The first-order chi connectivity index (χ1) is 9.54. The lowest BCUT2D eigenvalue weighted by atomic mass is 9.84. The maximum absolute atomic E-state index is 13.2. The third-order valence-electron chi connectivity index (χ3n) is 4.15. The largest absolute Gasteiger partial charge is 0.416 e. The molecule has 0 radical (unpaired) electrons. The van der Waals surface area contributed by atoms with Gasteiger partial charge in [0.05, 0.1) is 5.56 Å². The molecule has 1 saturated carbocycles. The van der Waals surface area contributed by atoms with E-state index < -0.39 is 11.7 Å². The highest BCUT2D eigenvalue weighted by Crippen LogP contribution is 2.40. The van der Waals surface area contributed by atoms with Crippen LogP contribution in [0.1, 0.15) is 56.1 Å². The van der Waals surface area contributed by atoms with Crippen LogP contribution in [0.3, 0.4) is 0 Å². The van der Waals surface area contributed by atoms with Gasteiger partial charge in [-0.25, -0.2) is 0 Å². The van der Waals surface area contributed by atoms with Gasteiger partial charge in [0.15, 0.2) is 0 Å². The number of benzene rings is 1. The van der Waals surface area contributed by atoms with Crippen molar-refractivity contribution in [1.29, 1.82) is 0 Å². The first-order valence-electron chi connectivity index (χ1n) is 7.43. The summed E-state index contributed by atoms with van der Waals surface area (Å²) >= 11 is 0. The zero-order valence-corrected chi connectivity index (χ0v) is 11.8. The summed E-state index contributed by atoms with van der Waals surface area (Å²) in [5, 5.41) is 3.38. The zero-order chi connectivity index (χ0) is 14.6. The molecule has 0 heterocycles. The lowest BCUT2D eigenvalue weighted by Crippen LogP contribution is -2.35. The fraction of sp³-hybridized carbons (Fsp3) is 0.625. The molecule has 0 amide bonds. The Kier molecular flexibility index (Phi) is 5.08. The SMILES string of the molecule is CCNC1CCCCCC1c1ccccc1C(F)(F)F. The predicted octanol–water partition coefficient (Wildman–Crippen LogP) is 4.73. The van der Waals surface area contributed by atoms with Crippen LogP contribution in [-0.2, 0) is 6.18 Å². The third kappa shape index (κ3) is 3.54. The van der Waals surface area contributed by atoms with Crippen LogP contribution < -0.4 is 5.32 Å². The minimum Gasteiger partial charge on any atom is -0.314 e. The maximum atomic E-state index is 13.2. The summed E-state index contributed by atoms with van der Waals surface area (Å²) in [6, 6.07) is 6.22. The van der Waals surface area contributed by atoms with Crippen LogP contribution in [-0.4, -0.2) is 12.6 Å². The van der Waals surface area contributed by atoms with Gasteiger partial charge < -0.3 is 5.32 Å². The molecule has 1 aromatic carbocycles. The Morgan fingerprint density at radius 3 is 2.50 bits per heavy atom. The summed E-state index contributed by atoms with van der Waals surface area (Å²) in [6.07, 6.45) is 0.767. The molecular weight excluding hydrogens is 263 g/mol. The topological polar surface area (TPSA) is 12.0 Å². The quantitative estimate of drug-likeness (QED) is 0.792. The molecule has 112 valence electrons. The minimum absolute atomic E-state index is 0.0322. The normalized spacial score (nSPS) is 24.4. The minimum atomic E-state index is -4.26. The molecule has 0 aromatic heterocycles. The van der Waals surface area contributed by atoms with Crippen LogP contribution in [0.15, 0.2) is 24.3 Å². The second kappa shape index (κ2) is 6.61. The Balaban J connectivity index is 2.36. The highest BCUT2D eigenvalue weighted by atomic mass is 19.4. The number of likely N-dealkylation sites (N-methyl/N-ethyl adjacent to an activating group) is 1. The smallest absolute Gasteiger partial charge is 0.314 e. The molecule has 0 spiro atoms. The molecular formula is C16H22F3N. The molecule has 20 heavy (non-hydrogen) atoms. The number of alkyl halides is 3. The molecule has 2 atom stereocenters. The summed E-state index contributed by atoms with van der Waals surface area (Å²) in [7, 11) is 0. The third-order valence-corrected chi connectivity index (χ3v) is 4.15. The van der Waals surface area contributed by atoms with Gasteiger partial charge >= 0.3 is 6.18 Å². The van der Waals surface area contributed by atoms with Gasteiger partial charge in [0.25, 0.3) is 0 Å². The molecule has 0 saturated heterocycles. The standard InChI is InChI=1S/C16H22F3N/c1-2-20-15-11-5-3-4-9-13(15)12-8-6-7-10-14(12)16(17,18)19/h6-8,10,13,15,20H,2-5,9,11H2,1H3. The van der Waals surface area contributed by atoms with Gasteiger partial charge in [-0.2, -0.15) is 13.2 Å². The molecule has 4 heteroatoms. The van der Waals surface area contributed by atoms with E-state index in [1.54, 1.807) is 12.1 Å². The van der Waals surface area contributed by atoms with E-state index in [9.17, 15) is 13.2 Å². The Hall–Kier alpha value is -1.03. The predicted molar refractivity (Wildman–Crippen MR) is 74.7 cm³/mol. The number of nitrogens with one attached hydrogen (secondary N) is 1. The fourth-order valence-electron chi connectivity index (χ4n) is 3.26. The Morgan fingerprint density at radius 2 is 1.80 bits per heavy atom. The lowest BCUT2D eigenvalue weighted by molar-refractivity contribution is -0.138. The van der Waals surface area contributed by atoms with E-state index in [1.165, 1.54) is 12.1 Å². The Bertz CT molecular complexity index is 428. The van der Waals surface area contributed by atoms with Gasteiger partial charge in [0.2, 0.25) is 0 Å². The van der Waals surface area contributed by atoms with E-state index in [-0.39, 0.29) is 12.0 Å². The highest BCUT2D eigenvalue weighted by Gasteiger charge is 2.36. The second-order valence-corrected chi connectivity index (χ2v) is 5.49. The summed E-state index contributed by atoms with van der Waals surface area (Å²) in [5.74, 6) is -0.0322. The van der Waals surface area contributed by atoms with Crippen molar-refractivity contribution in [1.82, 2.24) is 5.32 Å². The van der Waals surface area contributed by atoms with Gasteiger partial charge in [-0.15, -0.1) is 0 Å². The number of hydrogen-bond donors (Lipinski definition) is 1. The molecule has 1 fully saturated rings. The molecule has 2 unspecified atom stereocenters. The van der Waals surface area contributed by atoms with Crippen LogP contribution in [0, 0.1) is 0 Å². The van der Waals surface area contributed by atoms with Gasteiger partial charge in [-0.1, -0.05) is 44.4 Å². The van der Waals surface area contributed by atoms with E-state index >= 15 is 0 Å². The number of halogens is 3. The molecule has 1 N–H and O–H groups in total. The summed E-state index contributed by atoms with van der Waals surface area (Å²) in [5.41, 5.74) is 0.00246. The van der Waals surface area contributed by atoms with Crippen LogP contribution in [0.5, 0.6) is 0 Å². The van der Waals surface area contributed by atoms with Crippen molar-refractivity contribution < 1.29 is 13.2 Å². The number of hydrogen-bond acceptors (Lipinski definition) is 1. The first-order valence-corrected chi connectivity index (χ1v) is 7.43. The van der Waals surface area contributed by atoms with Crippen LogP contribution in [0.2, 0.25) is 0 Å². The molecule has 0 bridgehead atoms. The molecule has 1 nitrogen and oxygen atoms in total. The van der Waals surface area contributed by atoms with Crippen molar-refractivity contribution in [3.63, 3.8) is 0 Å². The van der Waals surface area contributed by atoms with Crippen LogP contribution in [0.25, 0.3) is 0 Å². The monoisotopic (exact) mass is 285 g/mol. The summed E-state index contributed by atoms with van der Waals surface area (Å²) < 4.78 is 39.6. The van der Waals surface area contributed by atoms with Crippen molar-refractivity contribution >= 4 is 0 Å². The highest BCUT2D eigenvalue weighted by molar-refractivity contribution is 5.34. The molecule has 1 aromatic rings. The average Bonchev–Trinajstić information content (AvgIpc) is 2.64. The summed E-state index contributed by atoms with van der Waals surface area (Å²) in [4.78, 5) is 0. The second-order valence-electron chi connectivity index (χ2n) is 5.49. The Labute approximate surface area is 118 Å². The Morgan fingerprint density at radius 1 is 1.10 bits per heavy atom. The van der Waals surface area contributed by atoms with Crippen molar-refractivity contribution in [3.05, 3.63) is 35.4 Å². The maximum Gasteiger partial charge on any atom is 0.416 e.